The molecule has 0 saturated heterocycles. The molecule has 2 rings (SSSR count). The van der Waals surface area contributed by atoms with Gasteiger partial charge in [0.15, 0.2) is 5.76 Å². The fourth-order valence-electron chi connectivity index (χ4n) is 1.16. The average Bonchev–Trinajstić information content (AvgIpc) is 2.82. The van der Waals surface area contributed by atoms with Gasteiger partial charge in [-0.05, 0) is 30.9 Å². The van der Waals surface area contributed by atoms with Crippen molar-refractivity contribution in [1.82, 2.24) is 5.32 Å². The molecule has 0 spiro atoms. The van der Waals surface area contributed by atoms with E-state index in [-0.39, 0.29) is 5.91 Å². The molecule has 13 heavy (non-hydrogen) atoms. The van der Waals surface area contributed by atoms with Crippen LogP contribution < -0.4 is 5.32 Å². The zero-order valence-corrected chi connectivity index (χ0v) is 7.67. The number of nitrogens with one attached hydrogen (secondary N) is 1. The van der Waals surface area contributed by atoms with Crippen LogP contribution in [0.4, 0.5) is 0 Å². The van der Waals surface area contributed by atoms with Crippen LogP contribution in [0.1, 0.15) is 35.9 Å². The van der Waals surface area contributed by atoms with Crippen molar-refractivity contribution in [1.29, 1.82) is 0 Å². The predicted octanol–water partition coefficient (Wildman–Crippen LogP) is 1.73. The Morgan fingerprint density at radius 3 is 3.00 bits per heavy atom. The van der Waals surface area contributed by atoms with E-state index in [0.29, 0.717) is 11.8 Å². The van der Waals surface area contributed by atoms with Gasteiger partial charge in [-0.25, -0.2) is 0 Å². The van der Waals surface area contributed by atoms with Crippen molar-refractivity contribution >= 4 is 5.91 Å². The monoisotopic (exact) mass is 179 g/mol. The molecular weight excluding hydrogens is 166 g/mol. The highest BCUT2D eigenvalue weighted by molar-refractivity contribution is 5.92. The van der Waals surface area contributed by atoms with Gasteiger partial charge in [0.05, 0.1) is 6.26 Å². The molecule has 0 unspecified atom stereocenters. The van der Waals surface area contributed by atoms with Crippen LogP contribution in [0.25, 0.3) is 0 Å². The molecule has 1 heterocycles. The first-order valence-electron chi connectivity index (χ1n) is 4.68. The average molecular weight is 179 g/mol. The van der Waals surface area contributed by atoms with Crippen LogP contribution in [0.15, 0.2) is 16.7 Å². The number of hydrogen-bond acceptors (Lipinski definition) is 2. The van der Waals surface area contributed by atoms with E-state index in [1.165, 1.54) is 0 Å². The van der Waals surface area contributed by atoms with Gasteiger partial charge in [-0.3, -0.25) is 4.79 Å². The molecule has 3 nitrogen and oxygen atoms in total. The fourth-order valence-corrected chi connectivity index (χ4v) is 1.16. The van der Waals surface area contributed by atoms with Crippen molar-refractivity contribution in [2.75, 3.05) is 0 Å². The van der Waals surface area contributed by atoms with Gasteiger partial charge in [-0.15, -0.1) is 0 Å². The Balaban J connectivity index is 2.01. The first kappa shape index (κ1) is 8.35. The molecule has 0 bridgehead atoms. The minimum atomic E-state index is -0.0813. The standard InChI is InChI=1S/C10H13NO2/c1-2-7-5-9(13-6-7)10(12)11-8-3-4-8/h5-6,8H,2-4H2,1H3,(H,11,12). The lowest BCUT2D eigenvalue weighted by Crippen LogP contribution is -2.24. The summed E-state index contributed by atoms with van der Waals surface area (Å²) in [6.07, 6.45) is 4.75. The number of hydrogen-bond donors (Lipinski definition) is 1. The smallest absolute Gasteiger partial charge is 0.287 e. The number of rotatable bonds is 3. The molecular formula is C10H13NO2. The van der Waals surface area contributed by atoms with Crippen molar-refractivity contribution in [2.45, 2.75) is 32.2 Å². The lowest BCUT2D eigenvalue weighted by Gasteiger charge is -1.97. The Hall–Kier alpha value is -1.25. The van der Waals surface area contributed by atoms with E-state index in [1.54, 1.807) is 12.3 Å². The van der Waals surface area contributed by atoms with E-state index in [2.05, 4.69) is 5.32 Å². The molecule has 0 radical (unpaired) electrons. The van der Waals surface area contributed by atoms with Crippen LogP contribution >= 0.6 is 0 Å². The summed E-state index contributed by atoms with van der Waals surface area (Å²) in [6.45, 7) is 2.04. The molecule has 1 aromatic heterocycles. The Labute approximate surface area is 77.1 Å². The van der Waals surface area contributed by atoms with Gasteiger partial charge in [0.2, 0.25) is 0 Å². The Morgan fingerprint density at radius 1 is 1.69 bits per heavy atom. The molecule has 1 saturated carbocycles. The van der Waals surface area contributed by atoms with Crippen LogP contribution in [0.5, 0.6) is 0 Å². The van der Waals surface area contributed by atoms with E-state index < -0.39 is 0 Å². The minimum absolute atomic E-state index is 0.0813. The summed E-state index contributed by atoms with van der Waals surface area (Å²) >= 11 is 0. The Kier molecular flexibility index (Phi) is 2.08. The van der Waals surface area contributed by atoms with Crippen LogP contribution in [-0.2, 0) is 6.42 Å². The molecule has 1 aliphatic carbocycles. The first-order valence-corrected chi connectivity index (χ1v) is 4.68. The molecule has 1 N–H and O–H groups in total. The molecule has 70 valence electrons. The molecule has 3 heteroatoms. The minimum Gasteiger partial charge on any atom is -0.459 e. The van der Waals surface area contributed by atoms with Crippen LogP contribution in [0, 0.1) is 0 Å². The maximum absolute atomic E-state index is 11.4. The molecule has 0 atom stereocenters. The van der Waals surface area contributed by atoms with E-state index in [0.717, 1.165) is 24.8 Å². The molecule has 1 aromatic rings. The van der Waals surface area contributed by atoms with Gasteiger partial charge in [0, 0.05) is 6.04 Å². The predicted molar refractivity (Wildman–Crippen MR) is 48.6 cm³/mol. The number of carbonyl (C=O) groups excluding carboxylic acids is 1. The molecule has 0 aromatic carbocycles. The van der Waals surface area contributed by atoms with Gasteiger partial charge in [0.1, 0.15) is 0 Å². The number of carbonyl (C=O) groups is 1. The third-order valence-corrected chi connectivity index (χ3v) is 2.20. The van der Waals surface area contributed by atoms with Crippen LogP contribution in [0.3, 0.4) is 0 Å². The van der Waals surface area contributed by atoms with Gasteiger partial charge >= 0.3 is 0 Å². The van der Waals surface area contributed by atoms with Crippen molar-refractivity contribution in [3.8, 4) is 0 Å². The highest BCUT2D eigenvalue weighted by Crippen LogP contribution is 2.19. The highest BCUT2D eigenvalue weighted by atomic mass is 16.3. The summed E-state index contributed by atoms with van der Waals surface area (Å²) in [5, 5.41) is 2.87. The highest BCUT2D eigenvalue weighted by Gasteiger charge is 2.24. The van der Waals surface area contributed by atoms with Crippen molar-refractivity contribution in [3.63, 3.8) is 0 Å². The molecule has 0 aliphatic heterocycles. The van der Waals surface area contributed by atoms with Crippen LogP contribution in [0.2, 0.25) is 0 Å². The Morgan fingerprint density at radius 2 is 2.46 bits per heavy atom. The number of amides is 1. The quantitative estimate of drug-likeness (QED) is 0.767. The molecule has 1 fully saturated rings. The first-order chi connectivity index (χ1) is 6.29. The maximum atomic E-state index is 11.4. The van der Waals surface area contributed by atoms with Crippen molar-refractivity contribution in [3.05, 3.63) is 23.7 Å². The second kappa shape index (κ2) is 3.24. The summed E-state index contributed by atoms with van der Waals surface area (Å²) in [4.78, 5) is 11.4. The summed E-state index contributed by atoms with van der Waals surface area (Å²) < 4.78 is 5.13. The normalized spacial score (nSPS) is 15.8. The summed E-state index contributed by atoms with van der Waals surface area (Å²) in [5.41, 5.74) is 1.07. The van der Waals surface area contributed by atoms with Gasteiger partial charge in [-0.2, -0.15) is 0 Å². The fraction of sp³-hybridized carbons (Fsp3) is 0.500. The largest absolute Gasteiger partial charge is 0.459 e. The maximum Gasteiger partial charge on any atom is 0.287 e. The second-order valence-corrected chi connectivity index (χ2v) is 3.42. The summed E-state index contributed by atoms with van der Waals surface area (Å²) in [5.74, 6) is 0.353. The third kappa shape index (κ3) is 1.91. The van der Waals surface area contributed by atoms with Gasteiger partial charge in [-0.1, -0.05) is 6.92 Å². The zero-order valence-electron chi connectivity index (χ0n) is 7.67. The van der Waals surface area contributed by atoms with Gasteiger partial charge in [0.25, 0.3) is 5.91 Å². The SMILES string of the molecule is CCc1coc(C(=O)NC2CC2)c1. The molecule has 1 aliphatic rings. The zero-order chi connectivity index (χ0) is 9.26. The topological polar surface area (TPSA) is 42.2 Å². The Bertz CT molecular complexity index is 312. The van der Waals surface area contributed by atoms with E-state index in [4.69, 9.17) is 4.42 Å². The van der Waals surface area contributed by atoms with Crippen molar-refractivity contribution < 1.29 is 9.21 Å². The molecule has 1 amide bonds. The third-order valence-electron chi connectivity index (χ3n) is 2.20. The lowest BCUT2D eigenvalue weighted by atomic mass is 10.2. The van der Waals surface area contributed by atoms with Crippen LogP contribution in [-0.4, -0.2) is 11.9 Å². The second-order valence-electron chi connectivity index (χ2n) is 3.42. The summed E-state index contributed by atoms with van der Waals surface area (Å²) in [7, 11) is 0. The van der Waals surface area contributed by atoms with E-state index in [9.17, 15) is 4.79 Å². The van der Waals surface area contributed by atoms with Crippen molar-refractivity contribution in [2.24, 2.45) is 0 Å². The lowest BCUT2D eigenvalue weighted by molar-refractivity contribution is 0.0923. The van der Waals surface area contributed by atoms with Gasteiger partial charge < -0.3 is 9.73 Å². The van der Waals surface area contributed by atoms with E-state index >= 15 is 0 Å². The number of aryl methyl sites for hydroxylation is 1. The summed E-state index contributed by atoms with van der Waals surface area (Å²) in [6, 6.07) is 2.19. The van der Waals surface area contributed by atoms with E-state index in [1.807, 2.05) is 6.92 Å². The number of furan rings is 1.